The van der Waals surface area contributed by atoms with Gasteiger partial charge in [-0.2, -0.15) is 0 Å². The molecule has 1 atom stereocenters. The van der Waals surface area contributed by atoms with Gasteiger partial charge in [0.05, 0.1) is 0 Å². The monoisotopic (exact) mass is 221 g/mol. The highest BCUT2D eigenvalue weighted by Crippen LogP contribution is 2.37. The summed E-state index contributed by atoms with van der Waals surface area (Å²) in [6.07, 6.45) is 3.27. The van der Waals surface area contributed by atoms with E-state index in [1.165, 1.54) is 12.8 Å². The van der Waals surface area contributed by atoms with Gasteiger partial charge in [0.1, 0.15) is 5.52 Å². The van der Waals surface area contributed by atoms with Crippen LogP contribution < -0.4 is 0 Å². The summed E-state index contributed by atoms with van der Waals surface area (Å²) in [5.41, 5.74) is 1.78. The molecule has 1 saturated carbocycles. The predicted octanol–water partition coefficient (Wildman–Crippen LogP) is 3.39. The maximum Gasteiger partial charge on any atom is 0.196 e. The first-order valence-electron chi connectivity index (χ1n) is 5.31. The number of para-hydroxylation sites is 2. The number of hydrogen-bond acceptors (Lipinski definition) is 2. The van der Waals surface area contributed by atoms with Crippen molar-refractivity contribution in [3.63, 3.8) is 0 Å². The molecule has 0 saturated heterocycles. The maximum absolute atomic E-state index is 6.24. The molecule has 0 N–H and O–H groups in total. The summed E-state index contributed by atoms with van der Waals surface area (Å²) in [6, 6.07) is 7.82. The molecule has 0 aliphatic heterocycles. The Hall–Kier alpha value is -1.02. The van der Waals surface area contributed by atoms with Crippen molar-refractivity contribution >= 4 is 22.7 Å². The summed E-state index contributed by atoms with van der Waals surface area (Å²) < 4.78 is 5.62. The second-order valence-corrected chi connectivity index (χ2v) is 4.69. The second kappa shape index (κ2) is 3.53. The first-order valence-corrected chi connectivity index (χ1v) is 5.75. The van der Waals surface area contributed by atoms with Gasteiger partial charge in [0, 0.05) is 11.8 Å². The Morgan fingerprint density at radius 1 is 1.40 bits per heavy atom. The molecule has 1 unspecified atom stereocenters. The highest BCUT2D eigenvalue weighted by molar-refractivity contribution is 6.21. The van der Waals surface area contributed by atoms with Crippen LogP contribution in [0.3, 0.4) is 0 Å². The lowest BCUT2D eigenvalue weighted by molar-refractivity contribution is 0.513. The lowest BCUT2D eigenvalue weighted by Crippen LogP contribution is -2.05. The van der Waals surface area contributed by atoms with Crippen LogP contribution in [-0.4, -0.2) is 10.4 Å². The summed E-state index contributed by atoms with van der Waals surface area (Å²) >= 11 is 6.24. The number of oxazole rings is 1. The maximum atomic E-state index is 6.24. The fraction of sp³-hybridized carbons (Fsp3) is 0.417. The van der Waals surface area contributed by atoms with Gasteiger partial charge in [0.2, 0.25) is 0 Å². The Kier molecular flexibility index (Phi) is 2.17. The topological polar surface area (TPSA) is 26.0 Å². The molecule has 0 amide bonds. The SMILES string of the molecule is ClC(Cc1nc2ccccc2o1)C1CC1. The number of alkyl halides is 1. The summed E-state index contributed by atoms with van der Waals surface area (Å²) in [6.45, 7) is 0. The van der Waals surface area contributed by atoms with E-state index in [1.807, 2.05) is 24.3 Å². The van der Waals surface area contributed by atoms with Crippen LogP contribution in [0.2, 0.25) is 0 Å². The molecule has 1 fully saturated rings. The molecule has 2 nitrogen and oxygen atoms in total. The first-order chi connectivity index (χ1) is 7.33. The van der Waals surface area contributed by atoms with Crippen molar-refractivity contribution in [3.8, 4) is 0 Å². The van der Waals surface area contributed by atoms with E-state index in [0.717, 1.165) is 23.4 Å². The van der Waals surface area contributed by atoms with E-state index in [0.29, 0.717) is 5.92 Å². The molecule has 1 aliphatic carbocycles. The normalized spacial score (nSPS) is 18.2. The molecular formula is C12H12ClNO. The minimum Gasteiger partial charge on any atom is -0.441 e. The minimum atomic E-state index is 0.193. The van der Waals surface area contributed by atoms with Crippen LogP contribution >= 0.6 is 11.6 Å². The van der Waals surface area contributed by atoms with Gasteiger partial charge in [0.15, 0.2) is 11.5 Å². The highest BCUT2D eigenvalue weighted by atomic mass is 35.5. The Morgan fingerprint density at radius 2 is 2.20 bits per heavy atom. The molecule has 1 aromatic heterocycles. The van der Waals surface area contributed by atoms with E-state index in [1.54, 1.807) is 0 Å². The van der Waals surface area contributed by atoms with Crippen LogP contribution in [0.15, 0.2) is 28.7 Å². The van der Waals surface area contributed by atoms with Crippen LogP contribution in [0.1, 0.15) is 18.7 Å². The number of fused-ring (bicyclic) bond motifs is 1. The zero-order chi connectivity index (χ0) is 10.3. The zero-order valence-corrected chi connectivity index (χ0v) is 9.07. The third kappa shape index (κ3) is 1.86. The number of halogens is 1. The lowest BCUT2D eigenvalue weighted by Gasteiger charge is -2.02. The Labute approximate surface area is 93.2 Å². The summed E-state index contributed by atoms with van der Waals surface area (Å²) in [4.78, 5) is 4.41. The molecule has 1 aliphatic rings. The van der Waals surface area contributed by atoms with E-state index in [4.69, 9.17) is 16.0 Å². The summed E-state index contributed by atoms with van der Waals surface area (Å²) in [7, 11) is 0. The quantitative estimate of drug-likeness (QED) is 0.743. The van der Waals surface area contributed by atoms with Gasteiger partial charge in [-0.15, -0.1) is 11.6 Å². The van der Waals surface area contributed by atoms with E-state index < -0.39 is 0 Å². The number of aromatic nitrogens is 1. The molecule has 3 rings (SSSR count). The van der Waals surface area contributed by atoms with Crippen LogP contribution in [-0.2, 0) is 6.42 Å². The number of nitrogens with zero attached hydrogens (tertiary/aromatic N) is 1. The Morgan fingerprint density at radius 3 is 2.93 bits per heavy atom. The smallest absolute Gasteiger partial charge is 0.196 e. The largest absolute Gasteiger partial charge is 0.441 e. The second-order valence-electron chi connectivity index (χ2n) is 4.13. The van der Waals surface area contributed by atoms with Crippen LogP contribution in [0.5, 0.6) is 0 Å². The summed E-state index contributed by atoms with van der Waals surface area (Å²) in [5, 5.41) is 0.193. The van der Waals surface area contributed by atoms with E-state index in [2.05, 4.69) is 4.98 Å². The van der Waals surface area contributed by atoms with E-state index in [-0.39, 0.29) is 5.38 Å². The van der Waals surface area contributed by atoms with Crippen molar-refractivity contribution in [3.05, 3.63) is 30.2 Å². The number of rotatable bonds is 3. The molecule has 0 bridgehead atoms. The fourth-order valence-electron chi connectivity index (χ4n) is 1.80. The Balaban J connectivity index is 1.84. The molecular weight excluding hydrogens is 210 g/mol. The van der Waals surface area contributed by atoms with Gasteiger partial charge >= 0.3 is 0 Å². The number of benzene rings is 1. The van der Waals surface area contributed by atoms with Crippen molar-refractivity contribution in [2.45, 2.75) is 24.6 Å². The minimum absolute atomic E-state index is 0.193. The zero-order valence-electron chi connectivity index (χ0n) is 8.32. The molecule has 0 spiro atoms. The van der Waals surface area contributed by atoms with Gasteiger partial charge in [-0.05, 0) is 30.9 Å². The Bertz CT molecular complexity index is 442. The summed E-state index contributed by atoms with van der Waals surface area (Å²) in [5.74, 6) is 1.45. The first kappa shape index (κ1) is 9.22. The molecule has 78 valence electrons. The van der Waals surface area contributed by atoms with Gasteiger partial charge < -0.3 is 4.42 Å². The molecule has 0 radical (unpaired) electrons. The highest BCUT2D eigenvalue weighted by Gasteiger charge is 2.30. The average molecular weight is 222 g/mol. The van der Waals surface area contributed by atoms with Crippen molar-refractivity contribution in [1.82, 2.24) is 4.98 Å². The molecule has 1 heterocycles. The van der Waals surface area contributed by atoms with Crippen molar-refractivity contribution < 1.29 is 4.42 Å². The molecule has 1 aromatic carbocycles. The van der Waals surface area contributed by atoms with Crippen molar-refractivity contribution in [2.75, 3.05) is 0 Å². The molecule has 3 heteroatoms. The third-order valence-corrected chi connectivity index (χ3v) is 3.35. The fourth-order valence-corrected chi connectivity index (χ4v) is 2.18. The van der Waals surface area contributed by atoms with Gasteiger partial charge in [-0.25, -0.2) is 4.98 Å². The van der Waals surface area contributed by atoms with E-state index in [9.17, 15) is 0 Å². The van der Waals surface area contributed by atoms with Crippen molar-refractivity contribution in [1.29, 1.82) is 0 Å². The third-order valence-electron chi connectivity index (χ3n) is 2.84. The van der Waals surface area contributed by atoms with Gasteiger partial charge in [-0.3, -0.25) is 0 Å². The number of hydrogen-bond donors (Lipinski definition) is 0. The molecule has 15 heavy (non-hydrogen) atoms. The van der Waals surface area contributed by atoms with Gasteiger partial charge in [0.25, 0.3) is 0 Å². The lowest BCUT2D eigenvalue weighted by atomic mass is 10.2. The van der Waals surface area contributed by atoms with Crippen LogP contribution in [0.25, 0.3) is 11.1 Å². The van der Waals surface area contributed by atoms with E-state index >= 15 is 0 Å². The average Bonchev–Trinajstić information content (AvgIpc) is 2.99. The van der Waals surface area contributed by atoms with Crippen molar-refractivity contribution in [2.24, 2.45) is 5.92 Å². The molecule has 2 aromatic rings. The standard InChI is InChI=1S/C12H12ClNO/c13-9(8-5-6-8)7-12-14-10-3-1-2-4-11(10)15-12/h1-4,8-9H,5-7H2. The van der Waals surface area contributed by atoms with Crippen LogP contribution in [0.4, 0.5) is 0 Å². The van der Waals surface area contributed by atoms with Crippen LogP contribution in [0, 0.1) is 5.92 Å². The predicted molar refractivity (Wildman–Crippen MR) is 60.1 cm³/mol. The van der Waals surface area contributed by atoms with Gasteiger partial charge in [-0.1, -0.05) is 12.1 Å².